The molecule has 0 radical (unpaired) electrons. The number of amides is 2. The van der Waals surface area contributed by atoms with E-state index in [0.717, 1.165) is 0 Å². The Labute approximate surface area is 118 Å². The second kappa shape index (κ2) is 6.73. The van der Waals surface area contributed by atoms with E-state index in [1.165, 1.54) is 0 Å². The van der Waals surface area contributed by atoms with Crippen LogP contribution in [0, 0.1) is 4.77 Å². The van der Waals surface area contributed by atoms with Crippen LogP contribution in [0.25, 0.3) is 0 Å². The normalized spacial score (nSPS) is 11.7. The summed E-state index contributed by atoms with van der Waals surface area (Å²) in [4.78, 5) is 11.1. The zero-order valence-electron chi connectivity index (χ0n) is 11.0. The van der Waals surface area contributed by atoms with Gasteiger partial charge in [0.25, 0.3) is 0 Å². The van der Waals surface area contributed by atoms with Gasteiger partial charge in [-0.3, -0.25) is 5.10 Å². The van der Waals surface area contributed by atoms with Crippen LogP contribution in [0.15, 0.2) is 0 Å². The highest BCUT2D eigenvalue weighted by Crippen LogP contribution is 2.12. The highest BCUT2D eigenvalue weighted by Gasteiger charge is 2.27. The summed E-state index contributed by atoms with van der Waals surface area (Å²) in [6.07, 6.45) is -4.05. The Balaban J connectivity index is 2.42. The number of nitrogens with one attached hydrogen (secondary N) is 3. The number of aromatic nitrogens is 3. The number of rotatable bonds is 5. The molecule has 2 amide bonds. The fraction of sp³-hybridized carbons (Fsp3) is 0.700. The maximum Gasteiger partial charge on any atom is 0.405 e. The van der Waals surface area contributed by atoms with Gasteiger partial charge in [-0.05, 0) is 26.1 Å². The lowest BCUT2D eigenvalue weighted by Crippen LogP contribution is -2.41. The Morgan fingerprint density at radius 2 is 2.10 bits per heavy atom. The lowest BCUT2D eigenvalue weighted by atomic mass is 10.3. The van der Waals surface area contributed by atoms with Gasteiger partial charge < -0.3 is 15.2 Å². The second-order valence-corrected chi connectivity index (χ2v) is 4.77. The SMILES string of the molecule is CC(C)n1c(CCNC(=O)NCC(F)(F)F)n[nH]c1=S. The first-order valence-corrected chi connectivity index (χ1v) is 6.35. The number of hydrogen-bond donors (Lipinski definition) is 3. The van der Waals surface area contributed by atoms with Crippen molar-refractivity contribution in [1.82, 2.24) is 25.4 Å². The van der Waals surface area contributed by atoms with Crippen molar-refractivity contribution in [2.75, 3.05) is 13.1 Å². The number of carbonyl (C=O) groups is 1. The number of carbonyl (C=O) groups excluding carboxylic acids is 1. The third-order valence-corrected chi connectivity index (χ3v) is 2.67. The Hall–Kier alpha value is -1.58. The molecule has 1 aromatic rings. The van der Waals surface area contributed by atoms with Crippen LogP contribution in [0.3, 0.4) is 0 Å². The number of hydrogen-bond acceptors (Lipinski definition) is 3. The van der Waals surface area contributed by atoms with E-state index in [4.69, 9.17) is 12.2 Å². The van der Waals surface area contributed by atoms with Crippen LogP contribution < -0.4 is 10.6 Å². The number of nitrogens with zero attached hydrogens (tertiary/aromatic N) is 2. The molecule has 0 atom stereocenters. The number of urea groups is 1. The van der Waals surface area contributed by atoms with Gasteiger partial charge in [-0.2, -0.15) is 18.3 Å². The molecule has 10 heteroatoms. The summed E-state index contributed by atoms with van der Waals surface area (Å²) in [6.45, 7) is 2.66. The summed E-state index contributed by atoms with van der Waals surface area (Å²) in [7, 11) is 0. The molecule has 1 rings (SSSR count). The van der Waals surface area contributed by atoms with Gasteiger partial charge in [0.1, 0.15) is 12.4 Å². The Morgan fingerprint density at radius 3 is 2.65 bits per heavy atom. The molecule has 0 aliphatic carbocycles. The van der Waals surface area contributed by atoms with Crippen molar-refractivity contribution < 1.29 is 18.0 Å². The maximum absolute atomic E-state index is 11.9. The third-order valence-electron chi connectivity index (χ3n) is 2.38. The van der Waals surface area contributed by atoms with Crippen molar-refractivity contribution in [3.63, 3.8) is 0 Å². The Kier molecular flexibility index (Phi) is 5.54. The zero-order valence-corrected chi connectivity index (χ0v) is 11.9. The van der Waals surface area contributed by atoms with Crippen molar-refractivity contribution in [3.05, 3.63) is 10.6 Å². The molecule has 0 unspecified atom stereocenters. The molecule has 0 aliphatic heterocycles. The van der Waals surface area contributed by atoms with Crippen molar-refractivity contribution in [1.29, 1.82) is 0 Å². The van der Waals surface area contributed by atoms with Crippen molar-refractivity contribution in [2.45, 2.75) is 32.5 Å². The molecule has 3 N–H and O–H groups in total. The van der Waals surface area contributed by atoms with Crippen LogP contribution >= 0.6 is 12.2 Å². The largest absolute Gasteiger partial charge is 0.405 e. The average Bonchev–Trinajstić information content (AvgIpc) is 2.67. The summed E-state index contributed by atoms with van der Waals surface area (Å²) in [6, 6.07) is -0.761. The molecule has 1 aromatic heterocycles. The minimum Gasteiger partial charge on any atom is -0.338 e. The van der Waals surface area contributed by atoms with Gasteiger partial charge in [0, 0.05) is 19.0 Å². The number of H-pyrrole nitrogens is 1. The predicted octanol–water partition coefficient (Wildman–Crippen LogP) is 1.93. The number of aromatic amines is 1. The van der Waals surface area contributed by atoms with Crippen LogP contribution in [0.1, 0.15) is 25.7 Å². The van der Waals surface area contributed by atoms with E-state index in [2.05, 4.69) is 15.5 Å². The molecular formula is C10H16F3N5OS. The van der Waals surface area contributed by atoms with Gasteiger partial charge in [0.2, 0.25) is 0 Å². The zero-order chi connectivity index (χ0) is 15.3. The van der Waals surface area contributed by atoms with E-state index in [9.17, 15) is 18.0 Å². The molecule has 0 saturated carbocycles. The first-order valence-electron chi connectivity index (χ1n) is 5.95. The van der Waals surface area contributed by atoms with Gasteiger partial charge in [-0.25, -0.2) is 4.79 Å². The second-order valence-electron chi connectivity index (χ2n) is 4.38. The maximum atomic E-state index is 11.9. The van der Waals surface area contributed by atoms with Crippen LogP contribution in [0.5, 0.6) is 0 Å². The monoisotopic (exact) mass is 311 g/mol. The molecule has 114 valence electrons. The van der Waals surface area contributed by atoms with E-state index in [1.54, 1.807) is 9.88 Å². The molecule has 0 spiro atoms. The van der Waals surface area contributed by atoms with Crippen molar-refractivity contribution in [2.24, 2.45) is 0 Å². The van der Waals surface area contributed by atoms with Crippen LogP contribution in [-0.2, 0) is 6.42 Å². The molecule has 0 saturated heterocycles. The highest BCUT2D eigenvalue weighted by molar-refractivity contribution is 7.71. The summed E-state index contributed by atoms with van der Waals surface area (Å²) in [5.41, 5.74) is 0. The molecule has 0 bridgehead atoms. The molecule has 1 heterocycles. The van der Waals surface area contributed by atoms with Crippen LogP contribution in [-0.4, -0.2) is 40.1 Å². The standard InChI is InChI=1S/C10H16F3N5OS/c1-6(2)18-7(16-17-9(18)20)3-4-14-8(19)15-5-10(11,12)13/h6H,3-5H2,1-2H3,(H,17,20)(H2,14,15,19). The summed E-state index contributed by atoms with van der Waals surface area (Å²) in [5, 5.41) is 10.7. The van der Waals surface area contributed by atoms with Gasteiger partial charge in [-0.1, -0.05) is 0 Å². The minimum atomic E-state index is -4.42. The summed E-state index contributed by atoms with van der Waals surface area (Å²) in [5.74, 6) is 0.640. The lowest BCUT2D eigenvalue weighted by molar-refractivity contribution is -0.122. The molecule has 6 nitrogen and oxygen atoms in total. The van der Waals surface area contributed by atoms with Crippen molar-refractivity contribution in [3.8, 4) is 0 Å². The average molecular weight is 311 g/mol. The summed E-state index contributed by atoms with van der Waals surface area (Å²) >= 11 is 5.05. The smallest absolute Gasteiger partial charge is 0.338 e. The lowest BCUT2D eigenvalue weighted by Gasteiger charge is -2.11. The Morgan fingerprint density at radius 1 is 1.45 bits per heavy atom. The van der Waals surface area contributed by atoms with E-state index in [1.807, 2.05) is 13.8 Å². The van der Waals surface area contributed by atoms with E-state index < -0.39 is 18.8 Å². The first-order chi connectivity index (χ1) is 9.20. The van der Waals surface area contributed by atoms with E-state index >= 15 is 0 Å². The van der Waals surface area contributed by atoms with Gasteiger partial charge in [-0.15, -0.1) is 0 Å². The summed E-state index contributed by atoms with van der Waals surface area (Å²) < 4.78 is 37.9. The topological polar surface area (TPSA) is 74.7 Å². The molecule has 0 aliphatic rings. The van der Waals surface area contributed by atoms with Crippen molar-refractivity contribution >= 4 is 18.2 Å². The van der Waals surface area contributed by atoms with Gasteiger partial charge in [0.05, 0.1) is 0 Å². The number of halogens is 3. The highest BCUT2D eigenvalue weighted by atomic mass is 32.1. The molecule has 0 aromatic carbocycles. The fourth-order valence-electron chi connectivity index (χ4n) is 1.58. The van der Waals surface area contributed by atoms with E-state index in [-0.39, 0.29) is 12.6 Å². The fourth-order valence-corrected chi connectivity index (χ4v) is 1.94. The van der Waals surface area contributed by atoms with Crippen LogP contribution in [0.2, 0.25) is 0 Å². The molecule has 20 heavy (non-hydrogen) atoms. The van der Waals surface area contributed by atoms with Gasteiger partial charge >= 0.3 is 12.2 Å². The third kappa shape index (κ3) is 5.19. The quantitative estimate of drug-likeness (QED) is 0.727. The number of alkyl halides is 3. The van der Waals surface area contributed by atoms with Gasteiger partial charge in [0.15, 0.2) is 4.77 Å². The molecule has 0 fully saturated rings. The minimum absolute atomic E-state index is 0.107. The first kappa shape index (κ1) is 16.5. The van der Waals surface area contributed by atoms with E-state index in [0.29, 0.717) is 17.0 Å². The predicted molar refractivity (Wildman–Crippen MR) is 69.0 cm³/mol. The van der Waals surface area contributed by atoms with Crippen LogP contribution in [0.4, 0.5) is 18.0 Å². The Bertz CT molecular complexity index is 508. The molecular weight excluding hydrogens is 295 g/mol.